The molecule has 3 aliphatic rings. The number of hydrogen-bond acceptors (Lipinski definition) is 8. The van der Waals surface area contributed by atoms with Gasteiger partial charge in [-0.1, -0.05) is 72.5 Å². The van der Waals surface area contributed by atoms with Gasteiger partial charge in [0.25, 0.3) is 0 Å². The molecule has 5 N–H and O–H groups in total. The van der Waals surface area contributed by atoms with Crippen LogP contribution in [0.5, 0.6) is 0 Å². The van der Waals surface area contributed by atoms with Gasteiger partial charge in [-0.2, -0.15) is 0 Å². The number of amides is 5. The predicted octanol–water partition coefficient (Wildman–Crippen LogP) is 6.01. The van der Waals surface area contributed by atoms with E-state index < -0.39 is 18.2 Å². The Balaban J connectivity index is 0.896. The van der Waals surface area contributed by atoms with Crippen LogP contribution in [0, 0.1) is 11.8 Å². The summed E-state index contributed by atoms with van der Waals surface area (Å²) in [6, 6.07) is 22.1. The van der Waals surface area contributed by atoms with E-state index in [1.165, 1.54) is 13.2 Å². The Hall–Kier alpha value is -7.18. The molecule has 5 aromatic rings. The number of methoxy groups -OCH3 is 1. The van der Waals surface area contributed by atoms with Crippen molar-refractivity contribution in [2.75, 3.05) is 33.4 Å². The normalized spacial score (nSPS) is 19.2. The lowest BCUT2D eigenvalue weighted by Gasteiger charge is -2.31. The minimum absolute atomic E-state index is 0.110. The topological polar surface area (TPSA) is 189 Å². The second kappa shape index (κ2) is 19.3. The Kier molecular flexibility index (Phi) is 13.0. The first-order valence-electron chi connectivity index (χ1n) is 21.4. The molecule has 2 aromatic heterocycles. The largest absolute Gasteiger partial charge is 0.453 e. The average molecular weight is 850 g/mol. The predicted molar refractivity (Wildman–Crippen MR) is 235 cm³/mol. The highest BCUT2D eigenvalue weighted by Crippen LogP contribution is 2.35. The average Bonchev–Trinajstić information content (AvgIpc) is 4.19. The van der Waals surface area contributed by atoms with Crippen LogP contribution in [0.2, 0.25) is 0 Å². The Morgan fingerprint density at radius 1 is 0.762 bits per heavy atom. The quantitative estimate of drug-likeness (QED) is 0.0789. The number of hydrogen-bond donors (Lipinski definition) is 5. The number of aromatic nitrogens is 4. The maximum Gasteiger partial charge on any atom is 0.407 e. The van der Waals surface area contributed by atoms with Gasteiger partial charge >= 0.3 is 12.1 Å². The van der Waals surface area contributed by atoms with E-state index in [-0.39, 0.29) is 42.6 Å². The van der Waals surface area contributed by atoms with Crippen molar-refractivity contribution < 1.29 is 29.0 Å². The number of nitrogens with one attached hydrogen (secondary N) is 4. The van der Waals surface area contributed by atoms with Gasteiger partial charge < -0.3 is 45.1 Å². The van der Waals surface area contributed by atoms with Crippen LogP contribution in [0.25, 0.3) is 22.5 Å². The summed E-state index contributed by atoms with van der Waals surface area (Å²) in [4.78, 5) is 74.1. The van der Waals surface area contributed by atoms with Crippen LogP contribution in [-0.2, 0) is 14.3 Å². The van der Waals surface area contributed by atoms with Crippen LogP contribution in [-0.4, -0.2) is 109 Å². The number of rotatable bonds is 11. The first kappa shape index (κ1) is 42.5. The number of carbonyl (C=O) groups is 4. The molecule has 0 saturated carbocycles. The van der Waals surface area contributed by atoms with Gasteiger partial charge in [-0.25, -0.2) is 19.6 Å². The minimum Gasteiger partial charge on any atom is -0.453 e. The van der Waals surface area contributed by atoms with Gasteiger partial charge in [0, 0.05) is 30.8 Å². The van der Waals surface area contributed by atoms with Gasteiger partial charge in [0.15, 0.2) is 0 Å². The molecule has 0 unspecified atom stereocenters. The highest BCUT2D eigenvalue weighted by molar-refractivity contribution is 5.89. The number of aliphatic hydroxyl groups is 1. The fourth-order valence-electron chi connectivity index (χ4n) is 8.73. The number of alkyl carbamates (subject to hydrolysis) is 1. The lowest BCUT2D eigenvalue weighted by Crippen LogP contribution is -2.49. The van der Waals surface area contributed by atoms with E-state index in [0.717, 1.165) is 72.2 Å². The summed E-state index contributed by atoms with van der Waals surface area (Å²) in [5.41, 5.74) is 5.89. The molecular weight excluding hydrogens is 799 g/mol. The molecule has 3 fully saturated rings. The molecule has 0 spiro atoms. The van der Waals surface area contributed by atoms with Crippen LogP contribution >= 0.6 is 0 Å². The second-order valence-corrected chi connectivity index (χ2v) is 16.0. The van der Waals surface area contributed by atoms with E-state index in [2.05, 4.69) is 48.7 Å². The van der Waals surface area contributed by atoms with Crippen molar-refractivity contribution >= 4 is 23.9 Å². The number of urea groups is 1. The lowest BCUT2D eigenvalue weighted by atomic mass is 10.0. The van der Waals surface area contributed by atoms with Crippen LogP contribution in [0.1, 0.15) is 85.0 Å². The molecule has 5 amide bonds. The summed E-state index contributed by atoms with van der Waals surface area (Å²) >= 11 is 0. The lowest BCUT2D eigenvalue weighted by molar-refractivity contribution is -0.134. The van der Waals surface area contributed by atoms with Crippen LogP contribution in [0.3, 0.4) is 0 Å². The molecule has 15 heteroatoms. The molecule has 63 heavy (non-hydrogen) atoms. The highest BCUT2D eigenvalue weighted by atomic mass is 16.5. The summed E-state index contributed by atoms with van der Waals surface area (Å²) < 4.78 is 4.66. The fourth-order valence-corrected chi connectivity index (χ4v) is 8.73. The van der Waals surface area contributed by atoms with Gasteiger partial charge in [0.05, 0.1) is 55.6 Å². The number of likely N-dealkylation sites (tertiary alicyclic amines) is 3. The fraction of sp³-hybridized carbons (Fsp3) is 0.333. The molecule has 3 saturated heterocycles. The number of imidazole rings is 2. The zero-order valence-electron chi connectivity index (χ0n) is 35.1. The SMILES string of the molecule is C=C[C@@H](NC(=O)OC)C(=O)N1CCC[C@H]1c1ncc(-c2ccc(C#Cc3ccc(-c4cnc([C@@H]5CCCN5C(=O)[C@H](NC(=O)N5CCC[C@@H]5CO)c5ccccc5)[nH]4)cc3)cc2)[nH]1. The Morgan fingerprint density at radius 2 is 1.29 bits per heavy atom. The van der Waals surface area contributed by atoms with Gasteiger partial charge in [-0.3, -0.25) is 9.59 Å². The van der Waals surface area contributed by atoms with E-state index in [1.54, 1.807) is 22.2 Å². The number of H-pyrrole nitrogens is 2. The number of carbonyl (C=O) groups excluding carboxylic acids is 4. The molecule has 0 aliphatic carbocycles. The molecule has 5 heterocycles. The summed E-state index contributed by atoms with van der Waals surface area (Å²) in [5.74, 6) is 7.40. The molecule has 5 atom stereocenters. The van der Waals surface area contributed by atoms with E-state index in [0.29, 0.717) is 36.8 Å². The molecule has 3 aromatic carbocycles. The molecule has 324 valence electrons. The van der Waals surface area contributed by atoms with Gasteiger partial charge in [0.1, 0.15) is 23.7 Å². The Bertz CT molecular complexity index is 2490. The van der Waals surface area contributed by atoms with Crippen molar-refractivity contribution in [2.24, 2.45) is 0 Å². The molecule has 15 nitrogen and oxygen atoms in total. The number of nitrogens with zero attached hydrogens (tertiary/aromatic N) is 5. The third-order valence-corrected chi connectivity index (χ3v) is 12.1. The summed E-state index contributed by atoms with van der Waals surface area (Å²) in [6.07, 6.45) is 8.89. The van der Waals surface area contributed by atoms with Crippen molar-refractivity contribution in [3.8, 4) is 34.4 Å². The zero-order chi connectivity index (χ0) is 43.9. The van der Waals surface area contributed by atoms with Gasteiger partial charge in [-0.15, -0.1) is 6.58 Å². The van der Waals surface area contributed by atoms with E-state index in [9.17, 15) is 24.3 Å². The Morgan fingerprint density at radius 3 is 1.81 bits per heavy atom. The third kappa shape index (κ3) is 9.36. The summed E-state index contributed by atoms with van der Waals surface area (Å²) in [6.45, 7) is 5.22. The third-order valence-electron chi connectivity index (χ3n) is 12.1. The molecule has 3 aliphatic heterocycles. The van der Waals surface area contributed by atoms with Crippen molar-refractivity contribution in [1.82, 2.24) is 45.3 Å². The van der Waals surface area contributed by atoms with E-state index in [1.807, 2.05) is 83.8 Å². The van der Waals surface area contributed by atoms with Crippen LogP contribution in [0.4, 0.5) is 9.59 Å². The van der Waals surface area contributed by atoms with Gasteiger partial charge in [0.2, 0.25) is 11.8 Å². The van der Waals surface area contributed by atoms with E-state index in [4.69, 9.17) is 4.98 Å². The van der Waals surface area contributed by atoms with E-state index >= 15 is 0 Å². The monoisotopic (exact) mass is 849 g/mol. The van der Waals surface area contributed by atoms with Crippen LogP contribution < -0.4 is 10.6 Å². The zero-order valence-corrected chi connectivity index (χ0v) is 35.1. The smallest absolute Gasteiger partial charge is 0.407 e. The van der Waals surface area contributed by atoms with Gasteiger partial charge in [-0.05, 0) is 79.5 Å². The number of aliphatic hydroxyl groups excluding tert-OH is 1. The number of ether oxygens (including phenoxy) is 1. The van der Waals surface area contributed by atoms with Crippen molar-refractivity contribution in [1.29, 1.82) is 0 Å². The molecular formula is C48H51N9O6. The van der Waals surface area contributed by atoms with Crippen LogP contribution in [0.15, 0.2) is 104 Å². The molecule has 0 bridgehead atoms. The number of aromatic amines is 2. The second-order valence-electron chi connectivity index (χ2n) is 16.0. The maximum atomic E-state index is 14.3. The Labute approximate surface area is 366 Å². The van der Waals surface area contributed by atoms with Crippen molar-refractivity contribution in [3.05, 3.63) is 132 Å². The standard InChI is InChI=1S/C48H51N9O6/c1-3-37(53-48(62)63-2)45(59)56-26-8-13-40(56)43-49-28-38(51-43)33-21-17-31(18-22-33)15-16-32-19-23-34(24-20-32)39-29-50-44(52-39)41-14-9-27-57(41)46(60)42(35-10-5-4-6-11-35)54-47(61)55-25-7-12-36(55)30-58/h3-6,10-11,17-24,28-29,36-37,40-42,58H,1,7-9,12-14,25-27,30H2,2H3,(H,49,51)(H,50,52)(H,53,62)(H,54,61)/t36-,37-,40+,41+,42-/m1/s1. The molecule has 0 radical (unpaired) electrons. The highest BCUT2D eigenvalue weighted by Gasteiger charge is 2.39. The van der Waals surface area contributed by atoms with Crippen molar-refractivity contribution in [3.63, 3.8) is 0 Å². The summed E-state index contributed by atoms with van der Waals surface area (Å²) in [5, 5.41) is 15.3. The first-order chi connectivity index (χ1) is 30.7. The first-order valence-corrected chi connectivity index (χ1v) is 21.4. The molecule has 8 rings (SSSR count). The summed E-state index contributed by atoms with van der Waals surface area (Å²) in [7, 11) is 1.25. The van der Waals surface area contributed by atoms with Crippen molar-refractivity contribution in [2.45, 2.75) is 68.7 Å². The number of benzene rings is 3. The minimum atomic E-state index is -0.900. The maximum absolute atomic E-state index is 14.3.